The molecule has 0 aliphatic carbocycles. The van der Waals surface area contributed by atoms with E-state index in [1.54, 1.807) is 19.2 Å². The highest BCUT2D eigenvalue weighted by molar-refractivity contribution is 5.94. The third-order valence-corrected chi connectivity index (χ3v) is 4.67. The van der Waals surface area contributed by atoms with Crippen molar-refractivity contribution in [2.24, 2.45) is 0 Å². The molecule has 0 aromatic heterocycles. The van der Waals surface area contributed by atoms with Gasteiger partial charge in [0.2, 0.25) is 5.91 Å². The molecule has 6 heteroatoms. The van der Waals surface area contributed by atoms with Crippen molar-refractivity contribution in [2.75, 3.05) is 46.4 Å². The minimum Gasteiger partial charge on any atom is -0.383 e. The Bertz CT molecular complexity index is 550. The number of hydrogen-bond donors (Lipinski definition) is 1. The number of nitrogens with one attached hydrogen (secondary N) is 1. The van der Waals surface area contributed by atoms with Crippen molar-refractivity contribution in [3.8, 4) is 0 Å². The summed E-state index contributed by atoms with van der Waals surface area (Å²) in [5.41, 5.74) is 0.618. The molecule has 1 unspecified atom stereocenters. The Balaban J connectivity index is 1.75. The average Bonchev–Trinajstić information content (AvgIpc) is 2.66. The van der Waals surface area contributed by atoms with Gasteiger partial charge in [0.05, 0.1) is 6.61 Å². The quantitative estimate of drug-likeness (QED) is 0.772. The molecule has 0 radical (unpaired) electrons. The van der Waals surface area contributed by atoms with Crippen LogP contribution in [0.1, 0.15) is 30.1 Å². The van der Waals surface area contributed by atoms with Gasteiger partial charge in [0.25, 0.3) is 5.91 Å². The molecule has 25 heavy (non-hydrogen) atoms. The van der Waals surface area contributed by atoms with Gasteiger partial charge in [0, 0.05) is 57.9 Å². The molecule has 2 amide bonds. The fourth-order valence-corrected chi connectivity index (χ4v) is 3.14. The van der Waals surface area contributed by atoms with E-state index < -0.39 is 0 Å². The monoisotopic (exact) mass is 347 g/mol. The summed E-state index contributed by atoms with van der Waals surface area (Å²) in [4.78, 5) is 28.7. The first-order valence-electron chi connectivity index (χ1n) is 8.99. The lowest BCUT2D eigenvalue weighted by Gasteiger charge is -2.41. The van der Waals surface area contributed by atoms with Crippen LogP contribution in [0.3, 0.4) is 0 Å². The Morgan fingerprint density at radius 1 is 1.24 bits per heavy atom. The number of carbonyl (C=O) groups is 2. The van der Waals surface area contributed by atoms with Crippen molar-refractivity contribution in [3.05, 3.63) is 35.9 Å². The van der Waals surface area contributed by atoms with Crippen LogP contribution in [0.5, 0.6) is 0 Å². The highest BCUT2D eigenvalue weighted by Gasteiger charge is 2.27. The number of nitrogens with zero attached hydrogens (tertiary/aromatic N) is 2. The first-order chi connectivity index (χ1) is 12.2. The predicted molar refractivity (Wildman–Crippen MR) is 97.5 cm³/mol. The summed E-state index contributed by atoms with van der Waals surface area (Å²) in [5.74, 6) is -0.0255. The maximum Gasteiger partial charge on any atom is 0.251 e. The van der Waals surface area contributed by atoms with Crippen LogP contribution in [0.15, 0.2) is 30.3 Å². The van der Waals surface area contributed by atoms with Gasteiger partial charge in [0.1, 0.15) is 0 Å². The van der Waals surface area contributed by atoms with E-state index in [2.05, 4.69) is 17.1 Å². The standard InChI is InChI=1S/C19H29N3O3/c1-3-17-15-22(12-11-21(17)13-14-25-2)18(23)9-10-20-19(24)16-7-5-4-6-8-16/h4-8,17H,3,9-15H2,1-2H3,(H,20,24). The van der Waals surface area contributed by atoms with Gasteiger partial charge in [-0.25, -0.2) is 0 Å². The summed E-state index contributed by atoms with van der Waals surface area (Å²) in [5, 5.41) is 2.82. The zero-order chi connectivity index (χ0) is 18.1. The second kappa shape index (κ2) is 10.2. The van der Waals surface area contributed by atoms with Gasteiger partial charge < -0.3 is 15.0 Å². The number of rotatable bonds is 8. The summed E-state index contributed by atoms with van der Waals surface area (Å²) in [6, 6.07) is 9.44. The number of piperazine rings is 1. The van der Waals surface area contributed by atoms with Gasteiger partial charge in [-0.15, -0.1) is 0 Å². The molecule has 0 spiro atoms. The Kier molecular flexibility index (Phi) is 7.88. The van der Waals surface area contributed by atoms with E-state index in [-0.39, 0.29) is 11.8 Å². The second-order valence-electron chi connectivity index (χ2n) is 6.30. The molecular weight excluding hydrogens is 318 g/mol. The summed E-state index contributed by atoms with van der Waals surface area (Å²) < 4.78 is 5.16. The van der Waals surface area contributed by atoms with E-state index in [9.17, 15) is 9.59 Å². The number of methoxy groups -OCH3 is 1. The summed E-state index contributed by atoms with van der Waals surface area (Å²) in [7, 11) is 1.71. The molecule has 1 aliphatic rings. The van der Waals surface area contributed by atoms with Gasteiger partial charge in [-0.3, -0.25) is 14.5 Å². The van der Waals surface area contributed by atoms with Crippen LogP contribution in [-0.2, 0) is 9.53 Å². The third kappa shape index (κ3) is 5.83. The second-order valence-corrected chi connectivity index (χ2v) is 6.30. The topological polar surface area (TPSA) is 61.9 Å². The van der Waals surface area contributed by atoms with Crippen LogP contribution in [0.4, 0.5) is 0 Å². The zero-order valence-corrected chi connectivity index (χ0v) is 15.2. The predicted octanol–water partition coefficient (Wildman–Crippen LogP) is 1.38. The maximum atomic E-state index is 12.4. The first kappa shape index (κ1) is 19.4. The van der Waals surface area contributed by atoms with Crippen LogP contribution < -0.4 is 5.32 Å². The Hall–Kier alpha value is -1.92. The molecule has 1 heterocycles. The molecular formula is C19H29N3O3. The van der Waals surface area contributed by atoms with Gasteiger partial charge in [-0.2, -0.15) is 0 Å². The maximum absolute atomic E-state index is 12.4. The Labute approximate surface area is 150 Å². The molecule has 1 aliphatic heterocycles. The highest BCUT2D eigenvalue weighted by Crippen LogP contribution is 2.13. The average molecular weight is 347 g/mol. The van der Waals surface area contributed by atoms with E-state index in [1.807, 2.05) is 23.1 Å². The largest absolute Gasteiger partial charge is 0.383 e. The fraction of sp³-hybridized carbons (Fsp3) is 0.579. The Morgan fingerprint density at radius 2 is 2.00 bits per heavy atom. The SMILES string of the molecule is CCC1CN(C(=O)CCNC(=O)c2ccccc2)CCN1CCOC. The van der Waals surface area contributed by atoms with E-state index in [1.165, 1.54) is 0 Å². The van der Waals surface area contributed by atoms with Crippen LogP contribution in [-0.4, -0.2) is 74.1 Å². The van der Waals surface area contributed by atoms with Crippen molar-refractivity contribution in [2.45, 2.75) is 25.8 Å². The zero-order valence-electron chi connectivity index (χ0n) is 15.2. The van der Waals surface area contributed by atoms with Crippen molar-refractivity contribution in [3.63, 3.8) is 0 Å². The van der Waals surface area contributed by atoms with Crippen LogP contribution in [0.25, 0.3) is 0 Å². The molecule has 138 valence electrons. The summed E-state index contributed by atoms with van der Waals surface area (Å²) >= 11 is 0. The molecule has 1 aromatic carbocycles. The number of amides is 2. The van der Waals surface area contributed by atoms with Crippen LogP contribution in [0, 0.1) is 0 Å². The molecule has 0 saturated carbocycles. The van der Waals surface area contributed by atoms with Crippen molar-refractivity contribution in [1.29, 1.82) is 0 Å². The minimum absolute atomic E-state index is 0.109. The van der Waals surface area contributed by atoms with Crippen molar-refractivity contribution >= 4 is 11.8 Å². The lowest BCUT2D eigenvalue weighted by Crippen LogP contribution is -2.55. The summed E-state index contributed by atoms with van der Waals surface area (Å²) in [6.45, 7) is 6.52. The number of hydrogen-bond acceptors (Lipinski definition) is 4. The number of carbonyl (C=O) groups excluding carboxylic acids is 2. The number of benzene rings is 1. The van der Waals surface area contributed by atoms with E-state index in [4.69, 9.17) is 4.74 Å². The third-order valence-electron chi connectivity index (χ3n) is 4.67. The van der Waals surface area contributed by atoms with Crippen LogP contribution in [0.2, 0.25) is 0 Å². The lowest BCUT2D eigenvalue weighted by atomic mass is 10.1. The molecule has 6 nitrogen and oxygen atoms in total. The lowest BCUT2D eigenvalue weighted by molar-refractivity contribution is -0.134. The van der Waals surface area contributed by atoms with Gasteiger partial charge in [-0.05, 0) is 18.6 Å². The van der Waals surface area contributed by atoms with Gasteiger partial charge in [-0.1, -0.05) is 25.1 Å². The molecule has 1 fully saturated rings. The smallest absolute Gasteiger partial charge is 0.251 e. The molecule has 0 bridgehead atoms. The Morgan fingerprint density at radius 3 is 2.68 bits per heavy atom. The van der Waals surface area contributed by atoms with Crippen molar-refractivity contribution < 1.29 is 14.3 Å². The van der Waals surface area contributed by atoms with E-state index in [0.29, 0.717) is 24.6 Å². The first-order valence-corrected chi connectivity index (χ1v) is 8.99. The van der Waals surface area contributed by atoms with E-state index in [0.717, 1.165) is 39.2 Å². The number of ether oxygens (including phenoxy) is 1. The van der Waals surface area contributed by atoms with E-state index >= 15 is 0 Å². The molecule has 1 atom stereocenters. The fourth-order valence-electron chi connectivity index (χ4n) is 3.14. The summed E-state index contributed by atoms with van der Waals surface area (Å²) in [6.07, 6.45) is 1.35. The normalized spacial score (nSPS) is 18.2. The minimum atomic E-state index is -0.135. The van der Waals surface area contributed by atoms with Crippen molar-refractivity contribution in [1.82, 2.24) is 15.1 Å². The highest BCUT2D eigenvalue weighted by atomic mass is 16.5. The van der Waals surface area contributed by atoms with Crippen LogP contribution >= 0.6 is 0 Å². The molecule has 1 N–H and O–H groups in total. The molecule has 2 rings (SSSR count). The van der Waals surface area contributed by atoms with Gasteiger partial charge in [0.15, 0.2) is 0 Å². The molecule has 1 saturated heterocycles. The molecule has 1 aromatic rings. The van der Waals surface area contributed by atoms with Gasteiger partial charge >= 0.3 is 0 Å².